The highest BCUT2D eigenvalue weighted by Gasteiger charge is 2.09. The van der Waals surface area contributed by atoms with Crippen LogP contribution in [0.2, 0.25) is 0 Å². The molecule has 0 unspecified atom stereocenters. The zero-order valence-corrected chi connectivity index (χ0v) is 5.09. The summed E-state index contributed by atoms with van der Waals surface area (Å²) in [7, 11) is 0. The van der Waals surface area contributed by atoms with Crippen molar-refractivity contribution in [2.45, 2.75) is 6.92 Å². The van der Waals surface area contributed by atoms with Gasteiger partial charge in [0.05, 0.1) is 0 Å². The van der Waals surface area contributed by atoms with Gasteiger partial charge < -0.3 is 0 Å². The molecule has 0 bridgehead atoms. The van der Waals surface area contributed by atoms with Crippen LogP contribution in [-0.2, 0) is 11.4 Å². The van der Waals surface area contributed by atoms with Crippen molar-refractivity contribution in [3.63, 3.8) is 0 Å². The van der Waals surface area contributed by atoms with Crippen LogP contribution in [0.25, 0.3) is 0 Å². The summed E-state index contributed by atoms with van der Waals surface area (Å²) in [5.41, 5.74) is 0. The van der Waals surface area contributed by atoms with E-state index in [1.807, 2.05) is 6.08 Å². The molecule has 0 N–H and O–H groups in total. The van der Waals surface area contributed by atoms with E-state index >= 15 is 0 Å². The van der Waals surface area contributed by atoms with Crippen molar-refractivity contribution in [1.29, 1.82) is 0 Å². The first kappa shape index (κ1) is 4.72. The van der Waals surface area contributed by atoms with Crippen LogP contribution in [0.4, 0.5) is 0 Å². The fourth-order valence-corrected chi connectivity index (χ4v) is 1.17. The largest absolute Gasteiger partial charge is 0.224 e. The molecule has 36 valence electrons. The topological polar surface area (TPSA) is 0 Å². The van der Waals surface area contributed by atoms with Gasteiger partial charge >= 0.3 is 0 Å². The number of allylic oxidation sites excluding steroid dienone is 2. The molecule has 0 saturated carbocycles. The van der Waals surface area contributed by atoms with Crippen LogP contribution in [0.5, 0.6) is 0 Å². The Bertz CT molecular complexity index is 152. The molecule has 1 heterocycles. The normalized spacial score (nSPS) is 17.9. The van der Waals surface area contributed by atoms with E-state index in [4.69, 9.17) is 0 Å². The summed E-state index contributed by atoms with van der Waals surface area (Å²) in [5.74, 6) is 0. The molecule has 0 spiro atoms. The second-order valence-corrected chi connectivity index (χ2v) is 2.88. The van der Waals surface area contributed by atoms with Crippen molar-refractivity contribution in [2.24, 2.45) is 0 Å². The minimum atomic E-state index is 1.15. The Hall–Kier alpha value is -0.430. The first-order valence-corrected chi connectivity index (χ1v) is 2.99. The molecule has 0 aromatic rings. The van der Waals surface area contributed by atoms with Gasteiger partial charge in [-0.1, -0.05) is 0 Å². The summed E-state index contributed by atoms with van der Waals surface area (Å²) >= 11 is 1.73. The van der Waals surface area contributed by atoms with E-state index in [0.717, 1.165) is 4.91 Å². The van der Waals surface area contributed by atoms with E-state index < -0.39 is 0 Å². The van der Waals surface area contributed by atoms with Crippen LogP contribution < -0.4 is 0 Å². The lowest BCUT2D eigenvalue weighted by Crippen LogP contribution is -1.76. The van der Waals surface area contributed by atoms with Gasteiger partial charge in [0.2, 0.25) is 21.1 Å². The van der Waals surface area contributed by atoms with Gasteiger partial charge in [-0.2, -0.15) is 0 Å². The lowest BCUT2D eigenvalue weighted by atomic mass is 10.4. The third-order valence-electron chi connectivity index (χ3n) is 0.796. The van der Waals surface area contributed by atoms with Gasteiger partial charge in [-0.05, 0) is 6.58 Å². The maximum atomic E-state index is 3.76. The summed E-state index contributed by atoms with van der Waals surface area (Å²) in [6.45, 7) is 5.84. The molecule has 0 amide bonds. The lowest BCUT2D eigenvalue weighted by molar-refractivity contribution is 1.97. The van der Waals surface area contributed by atoms with Gasteiger partial charge in [-0.25, -0.2) is 0 Å². The molecule has 0 aromatic heterocycles. The van der Waals surface area contributed by atoms with Gasteiger partial charge in [-0.15, -0.1) is 0 Å². The van der Waals surface area contributed by atoms with Gasteiger partial charge in [0.25, 0.3) is 0 Å². The SMILES string of the molecule is C=C1C=CC(C)=[S+]1. The first-order chi connectivity index (χ1) is 3.29. The molecular formula is C6H7S+. The molecule has 7 heavy (non-hydrogen) atoms. The first-order valence-electron chi connectivity index (χ1n) is 2.17. The Balaban J connectivity index is 2.88. The standard InChI is InChI=1S/C6H7S/c1-5-3-4-6(2)7-5/h3-4H,1H2,2H3/q+1. The van der Waals surface area contributed by atoms with Gasteiger partial charge in [0.15, 0.2) is 0 Å². The Morgan fingerprint density at radius 2 is 2.29 bits per heavy atom. The van der Waals surface area contributed by atoms with E-state index in [1.54, 1.807) is 11.4 Å². The molecule has 1 aliphatic rings. The van der Waals surface area contributed by atoms with Gasteiger partial charge in [0.1, 0.15) is 0 Å². The number of hydrogen-bond donors (Lipinski definition) is 0. The maximum absolute atomic E-state index is 3.76. The van der Waals surface area contributed by atoms with Crippen LogP contribution in [0.1, 0.15) is 6.92 Å². The van der Waals surface area contributed by atoms with E-state index in [2.05, 4.69) is 19.6 Å². The minimum absolute atomic E-state index is 1.15. The van der Waals surface area contributed by atoms with Crippen LogP contribution in [0.15, 0.2) is 23.6 Å². The predicted octanol–water partition coefficient (Wildman–Crippen LogP) is 1.34. The number of hydrogen-bond acceptors (Lipinski definition) is 0. The zero-order valence-electron chi connectivity index (χ0n) is 4.27. The highest BCUT2D eigenvalue weighted by Crippen LogP contribution is 2.00. The summed E-state index contributed by atoms with van der Waals surface area (Å²) in [6.07, 6.45) is 4.10. The van der Waals surface area contributed by atoms with Crippen LogP contribution in [0.3, 0.4) is 0 Å². The Morgan fingerprint density at radius 3 is 2.43 bits per heavy atom. The van der Waals surface area contributed by atoms with Crippen molar-refractivity contribution < 1.29 is 0 Å². The highest BCUT2D eigenvalue weighted by molar-refractivity contribution is 7.83. The highest BCUT2D eigenvalue weighted by atomic mass is 32.1. The van der Waals surface area contributed by atoms with Crippen molar-refractivity contribution in [1.82, 2.24) is 0 Å². The summed E-state index contributed by atoms with van der Waals surface area (Å²) < 4.78 is 0. The molecule has 0 fully saturated rings. The number of rotatable bonds is 0. The molecule has 1 heteroatoms. The second-order valence-electron chi connectivity index (χ2n) is 1.51. The van der Waals surface area contributed by atoms with E-state index in [-0.39, 0.29) is 0 Å². The predicted molar refractivity (Wildman–Crippen MR) is 36.3 cm³/mol. The van der Waals surface area contributed by atoms with Crippen LogP contribution in [-0.4, -0.2) is 4.86 Å². The van der Waals surface area contributed by atoms with Gasteiger partial charge in [0, 0.05) is 19.1 Å². The third kappa shape index (κ3) is 0.967. The fraction of sp³-hybridized carbons (Fsp3) is 0.167. The smallest absolute Gasteiger partial charge is 0.0333 e. The maximum Gasteiger partial charge on any atom is 0.224 e. The van der Waals surface area contributed by atoms with Gasteiger partial charge in [-0.3, -0.25) is 0 Å². The summed E-state index contributed by atoms with van der Waals surface area (Å²) in [4.78, 5) is 2.49. The molecule has 0 aliphatic carbocycles. The minimum Gasteiger partial charge on any atom is -0.0333 e. The second kappa shape index (κ2) is 1.58. The third-order valence-corrected chi connectivity index (χ3v) is 1.65. The monoisotopic (exact) mass is 111 g/mol. The summed E-state index contributed by atoms with van der Waals surface area (Å²) in [5, 5.41) is 0. The van der Waals surface area contributed by atoms with E-state index in [0.29, 0.717) is 0 Å². The molecule has 0 saturated heterocycles. The molecule has 0 atom stereocenters. The molecule has 1 rings (SSSR count). The zero-order chi connectivity index (χ0) is 5.28. The Morgan fingerprint density at radius 1 is 1.57 bits per heavy atom. The molecule has 0 aromatic carbocycles. The van der Waals surface area contributed by atoms with Crippen molar-refractivity contribution in [3.05, 3.63) is 23.6 Å². The van der Waals surface area contributed by atoms with Crippen molar-refractivity contribution >= 4 is 16.2 Å². The fourth-order valence-electron chi connectivity index (χ4n) is 0.485. The molecule has 0 radical (unpaired) electrons. The molecular weight excluding hydrogens is 104 g/mol. The summed E-state index contributed by atoms with van der Waals surface area (Å²) in [6, 6.07) is 0. The Labute approximate surface area is 47.5 Å². The van der Waals surface area contributed by atoms with E-state index in [9.17, 15) is 0 Å². The van der Waals surface area contributed by atoms with Crippen molar-refractivity contribution in [2.75, 3.05) is 0 Å². The van der Waals surface area contributed by atoms with E-state index in [1.165, 1.54) is 4.86 Å². The molecule has 0 nitrogen and oxygen atoms in total. The Kier molecular flexibility index (Phi) is 1.07. The average Bonchev–Trinajstić information content (AvgIpc) is 1.87. The van der Waals surface area contributed by atoms with Crippen LogP contribution in [0, 0.1) is 0 Å². The average molecular weight is 111 g/mol. The lowest BCUT2D eigenvalue weighted by Gasteiger charge is -1.55. The van der Waals surface area contributed by atoms with Crippen molar-refractivity contribution in [3.8, 4) is 0 Å². The van der Waals surface area contributed by atoms with Crippen LogP contribution >= 0.6 is 0 Å². The quantitative estimate of drug-likeness (QED) is 0.327. The molecule has 1 aliphatic heterocycles.